The van der Waals surface area contributed by atoms with Gasteiger partial charge in [0.2, 0.25) is 0 Å². The van der Waals surface area contributed by atoms with E-state index in [0.29, 0.717) is 0 Å². The fraction of sp³-hybridized carbons (Fsp3) is 0.286. The molecule has 0 aromatic heterocycles. The smallest absolute Gasteiger partial charge is 0.0454 e. The van der Waals surface area contributed by atoms with E-state index in [0.717, 1.165) is 26.2 Å². The molecule has 2 heteroatoms. The molecule has 0 bridgehead atoms. The molecule has 1 heterocycles. The molecule has 1 radical (unpaired) electrons. The Morgan fingerprint density at radius 1 is 1.00 bits per heavy atom. The minimum atomic E-state index is 1.07. The Bertz CT molecular complexity index is 487. The third-order valence-corrected chi connectivity index (χ3v) is 3.10. The third kappa shape index (κ3) is 1.76. The van der Waals surface area contributed by atoms with Crippen LogP contribution in [-0.2, 0) is 0 Å². The number of benzene rings is 2. The number of nitrogens with zero attached hydrogens (tertiary/aromatic N) is 1. The summed E-state index contributed by atoms with van der Waals surface area (Å²) in [7, 11) is 0. The van der Waals surface area contributed by atoms with E-state index < -0.39 is 0 Å². The van der Waals surface area contributed by atoms with Gasteiger partial charge in [-0.3, -0.25) is 0 Å². The Hall–Kier alpha value is -1.54. The lowest BCUT2D eigenvalue weighted by Gasteiger charge is -2.29. The SMILES string of the molecule is [c]1c(N2CCNCC2)ccc2ccccc12. The highest BCUT2D eigenvalue weighted by Crippen LogP contribution is 2.21. The molecule has 2 aromatic carbocycles. The molecule has 3 rings (SSSR count). The Balaban J connectivity index is 1.97. The van der Waals surface area contributed by atoms with Crippen LogP contribution in [0.5, 0.6) is 0 Å². The summed E-state index contributed by atoms with van der Waals surface area (Å²) < 4.78 is 0. The summed E-state index contributed by atoms with van der Waals surface area (Å²) in [5.74, 6) is 0. The van der Waals surface area contributed by atoms with Gasteiger partial charge in [-0.2, -0.15) is 0 Å². The van der Waals surface area contributed by atoms with E-state index in [1.165, 1.54) is 16.5 Å². The van der Waals surface area contributed by atoms with Crippen LogP contribution in [0.4, 0.5) is 5.69 Å². The lowest BCUT2D eigenvalue weighted by atomic mass is 10.1. The molecule has 1 N–H and O–H groups in total. The van der Waals surface area contributed by atoms with E-state index in [4.69, 9.17) is 0 Å². The van der Waals surface area contributed by atoms with Crippen molar-refractivity contribution in [2.24, 2.45) is 0 Å². The fourth-order valence-corrected chi connectivity index (χ4v) is 2.19. The average Bonchev–Trinajstić information content (AvgIpc) is 2.39. The van der Waals surface area contributed by atoms with Crippen LogP contribution in [0.2, 0.25) is 0 Å². The second kappa shape index (κ2) is 4.14. The molecule has 1 aliphatic heterocycles. The van der Waals surface area contributed by atoms with Crippen LogP contribution in [-0.4, -0.2) is 26.2 Å². The fourth-order valence-electron chi connectivity index (χ4n) is 2.19. The second-order valence-corrected chi connectivity index (χ2v) is 4.17. The predicted octanol–water partition coefficient (Wildman–Crippen LogP) is 2.05. The van der Waals surface area contributed by atoms with Crippen LogP contribution in [0.3, 0.4) is 0 Å². The van der Waals surface area contributed by atoms with Crippen LogP contribution < -0.4 is 10.2 Å². The zero-order valence-electron chi connectivity index (χ0n) is 9.24. The highest BCUT2D eigenvalue weighted by atomic mass is 15.2. The van der Waals surface area contributed by atoms with E-state index in [2.05, 4.69) is 52.7 Å². The molecule has 2 nitrogen and oxygen atoms in total. The number of hydrogen-bond acceptors (Lipinski definition) is 2. The van der Waals surface area contributed by atoms with Crippen molar-refractivity contribution in [2.75, 3.05) is 31.1 Å². The minimum Gasteiger partial charge on any atom is -0.368 e. The molecule has 1 saturated heterocycles. The molecular formula is C14H15N2. The van der Waals surface area contributed by atoms with Gasteiger partial charge in [-0.05, 0) is 16.8 Å². The van der Waals surface area contributed by atoms with Crippen molar-refractivity contribution in [3.8, 4) is 0 Å². The molecular weight excluding hydrogens is 196 g/mol. The Morgan fingerprint density at radius 3 is 2.69 bits per heavy atom. The van der Waals surface area contributed by atoms with Crippen molar-refractivity contribution in [1.29, 1.82) is 0 Å². The largest absolute Gasteiger partial charge is 0.368 e. The zero-order chi connectivity index (χ0) is 10.8. The number of rotatable bonds is 1. The van der Waals surface area contributed by atoms with Gasteiger partial charge in [-0.25, -0.2) is 0 Å². The van der Waals surface area contributed by atoms with Gasteiger partial charge in [0, 0.05) is 37.9 Å². The van der Waals surface area contributed by atoms with Crippen LogP contribution in [0.25, 0.3) is 10.8 Å². The van der Waals surface area contributed by atoms with Crippen LogP contribution in [0.1, 0.15) is 0 Å². The van der Waals surface area contributed by atoms with Crippen LogP contribution in [0.15, 0.2) is 36.4 Å². The molecule has 16 heavy (non-hydrogen) atoms. The lowest BCUT2D eigenvalue weighted by Crippen LogP contribution is -2.43. The van der Waals surface area contributed by atoms with E-state index in [-0.39, 0.29) is 0 Å². The van der Waals surface area contributed by atoms with Crippen molar-refractivity contribution in [3.05, 3.63) is 42.5 Å². The van der Waals surface area contributed by atoms with Crippen molar-refractivity contribution < 1.29 is 0 Å². The van der Waals surface area contributed by atoms with E-state index in [1.807, 2.05) is 0 Å². The Labute approximate surface area is 95.9 Å². The summed E-state index contributed by atoms with van der Waals surface area (Å²) in [5, 5.41) is 5.84. The maximum atomic E-state index is 3.49. The van der Waals surface area contributed by atoms with Crippen LogP contribution in [0, 0.1) is 6.07 Å². The maximum Gasteiger partial charge on any atom is 0.0454 e. The second-order valence-electron chi connectivity index (χ2n) is 4.17. The number of piperazine rings is 1. The average molecular weight is 211 g/mol. The maximum absolute atomic E-state index is 3.49. The molecule has 0 amide bonds. The van der Waals surface area contributed by atoms with E-state index >= 15 is 0 Å². The summed E-state index contributed by atoms with van der Waals surface area (Å²) in [6.45, 7) is 4.30. The monoisotopic (exact) mass is 211 g/mol. The first-order valence-electron chi connectivity index (χ1n) is 5.80. The molecule has 0 atom stereocenters. The Morgan fingerprint density at radius 2 is 1.81 bits per heavy atom. The normalized spacial score (nSPS) is 16.6. The molecule has 0 unspecified atom stereocenters. The van der Waals surface area contributed by atoms with Crippen molar-refractivity contribution >= 4 is 16.5 Å². The summed E-state index contributed by atoms with van der Waals surface area (Å²) in [6, 6.07) is 16.3. The summed E-state index contributed by atoms with van der Waals surface area (Å²) in [6.07, 6.45) is 0. The number of hydrogen-bond donors (Lipinski definition) is 1. The van der Waals surface area contributed by atoms with Gasteiger partial charge in [-0.15, -0.1) is 0 Å². The first kappa shape index (κ1) is 9.67. The topological polar surface area (TPSA) is 15.3 Å². The van der Waals surface area contributed by atoms with E-state index in [1.54, 1.807) is 0 Å². The van der Waals surface area contributed by atoms with Crippen LogP contribution >= 0.6 is 0 Å². The highest BCUT2D eigenvalue weighted by Gasteiger charge is 2.10. The van der Waals surface area contributed by atoms with Gasteiger partial charge in [0.1, 0.15) is 0 Å². The van der Waals surface area contributed by atoms with Gasteiger partial charge < -0.3 is 10.2 Å². The predicted molar refractivity (Wildman–Crippen MR) is 67.9 cm³/mol. The first-order valence-corrected chi connectivity index (χ1v) is 5.80. The molecule has 81 valence electrons. The van der Waals surface area contributed by atoms with Gasteiger partial charge in [0.15, 0.2) is 0 Å². The molecule has 0 aliphatic carbocycles. The summed E-state index contributed by atoms with van der Waals surface area (Å²) >= 11 is 0. The molecule has 0 saturated carbocycles. The van der Waals surface area contributed by atoms with Crippen molar-refractivity contribution in [1.82, 2.24) is 5.32 Å². The molecule has 1 fully saturated rings. The minimum absolute atomic E-state index is 1.07. The van der Waals surface area contributed by atoms with Gasteiger partial charge in [0.05, 0.1) is 0 Å². The number of fused-ring (bicyclic) bond motifs is 1. The van der Waals surface area contributed by atoms with Gasteiger partial charge in [0.25, 0.3) is 0 Å². The van der Waals surface area contributed by atoms with Crippen molar-refractivity contribution in [3.63, 3.8) is 0 Å². The van der Waals surface area contributed by atoms with Crippen molar-refractivity contribution in [2.45, 2.75) is 0 Å². The highest BCUT2D eigenvalue weighted by molar-refractivity contribution is 5.85. The molecule has 2 aromatic rings. The Kier molecular flexibility index (Phi) is 2.50. The van der Waals surface area contributed by atoms with E-state index in [9.17, 15) is 0 Å². The van der Waals surface area contributed by atoms with Gasteiger partial charge >= 0.3 is 0 Å². The standard InChI is InChI=1S/C14H15N2/c1-2-4-13-11-14(6-5-12(13)3-1)16-9-7-15-8-10-16/h1-6,15H,7-10H2. The molecule has 1 aliphatic rings. The molecule has 0 spiro atoms. The third-order valence-electron chi connectivity index (χ3n) is 3.10. The number of anilines is 1. The zero-order valence-corrected chi connectivity index (χ0v) is 9.24. The van der Waals surface area contributed by atoms with Gasteiger partial charge in [-0.1, -0.05) is 30.3 Å². The first-order chi connectivity index (χ1) is 7.93. The number of nitrogens with one attached hydrogen (secondary N) is 1. The summed E-state index contributed by atoms with van der Waals surface area (Å²) in [5.41, 5.74) is 1.22. The summed E-state index contributed by atoms with van der Waals surface area (Å²) in [4.78, 5) is 2.39. The quantitative estimate of drug-likeness (QED) is 0.776. The lowest BCUT2D eigenvalue weighted by molar-refractivity contribution is 0.589.